The van der Waals surface area contributed by atoms with Gasteiger partial charge in [0, 0.05) is 5.56 Å². The summed E-state index contributed by atoms with van der Waals surface area (Å²) in [5.41, 5.74) is -0.250. The molecule has 0 saturated carbocycles. The third-order valence-electron chi connectivity index (χ3n) is 4.48. The Kier molecular flexibility index (Phi) is 6.92. The van der Waals surface area contributed by atoms with Crippen LogP contribution < -0.4 is 9.47 Å². The summed E-state index contributed by atoms with van der Waals surface area (Å²) in [7, 11) is 1.39. The summed E-state index contributed by atoms with van der Waals surface area (Å²) in [6.45, 7) is 4.87. The van der Waals surface area contributed by atoms with Crippen molar-refractivity contribution in [1.82, 2.24) is 4.90 Å². The Labute approximate surface area is 187 Å². The number of halogens is 3. The van der Waals surface area contributed by atoms with Gasteiger partial charge in [-0.05, 0) is 44.5 Å². The summed E-state index contributed by atoms with van der Waals surface area (Å²) in [6.07, 6.45) is -0.899. The van der Waals surface area contributed by atoms with Crippen molar-refractivity contribution in [2.24, 2.45) is 0 Å². The Hall–Kier alpha value is -2.88. The molecule has 1 amide bonds. The van der Waals surface area contributed by atoms with E-state index in [4.69, 9.17) is 14.2 Å². The summed E-state index contributed by atoms with van der Waals surface area (Å²) >= 11 is 1.29. The van der Waals surface area contributed by atoms with E-state index in [1.807, 2.05) is 0 Å². The van der Waals surface area contributed by atoms with Crippen LogP contribution in [0.5, 0.6) is 11.5 Å². The molecule has 0 aromatic heterocycles. The van der Waals surface area contributed by atoms with E-state index in [0.29, 0.717) is 5.56 Å². The van der Waals surface area contributed by atoms with Gasteiger partial charge in [-0.3, -0.25) is 4.79 Å². The van der Waals surface area contributed by atoms with Crippen molar-refractivity contribution in [2.45, 2.75) is 38.3 Å². The number of hydrogen-bond donors (Lipinski definition) is 0. The fourth-order valence-corrected chi connectivity index (χ4v) is 4.23. The quantitative estimate of drug-likeness (QED) is 0.341. The summed E-state index contributed by atoms with van der Waals surface area (Å²) in [6, 6.07) is 6.65. The Bertz CT molecular complexity index is 1040. The van der Waals surface area contributed by atoms with Crippen molar-refractivity contribution in [3.8, 4) is 11.5 Å². The highest BCUT2D eigenvalue weighted by Gasteiger charge is 2.34. The standard InChI is InChI=1S/C22H22F3NO5S/c1-22(2,3)31-21(28)30-15-8-6-12(9-16(15)29-4)20-26(17(27)11-32-20)10-13-5-7-14(23)19(25)18(13)24/h5-9,20H,10-11H2,1-4H3. The molecule has 1 unspecified atom stereocenters. The topological polar surface area (TPSA) is 65.1 Å². The van der Waals surface area contributed by atoms with E-state index in [2.05, 4.69) is 0 Å². The smallest absolute Gasteiger partial charge is 0.493 e. The average molecular weight is 469 g/mol. The minimum atomic E-state index is -1.58. The first kappa shape index (κ1) is 23.8. The molecule has 1 fully saturated rings. The van der Waals surface area contributed by atoms with Crippen molar-refractivity contribution >= 4 is 23.8 Å². The van der Waals surface area contributed by atoms with Crippen LogP contribution in [0.1, 0.15) is 37.3 Å². The molecule has 10 heteroatoms. The number of ether oxygens (including phenoxy) is 3. The largest absolute Gasteiger partial charge is 0.514 e. The zero-order valence-electron chi connectivity index (χ0n) is 17.9. The second kappa shape index (κ2) is 9.32. The molecule has 1 aliphatic heterocycles. The third kappa shape index (κ3) is 5.29. The van der Waals surface area contributed by atoms with E-state index in [1.165, 1.54) is 29.8 Å². The van der Waals surface area contributed by atoms with Gasteiger partial charge in [0.2, 0.25) is 5.91 Å². The lowest BCUT2D eigenvalue weighted by Crippen LogP contribution is -2.28. The lowest BCUT2D eigenvalue weighted by molar-refractivity contribution is -0.128. The minimum absolute atomic E-state index is 0.123. The van der Waals surface area contributed by atoms with E-state index in [1.54, 1.807) is 32.9 Å². The lowest BCUT2D eigenvalue weighted by atomic mass is 10.1. The second-order valence-corrected chi connectivity index (χ2v) is 9.06. The van der Waals surface area contributed by atoms with Gasteiger partial charge < -0.3 is 19.1 Å². The van der Waals surface area contributed by atoms with Gasteiger partial charge in [-0.2, -0.15) is 0 Å². The maximum Gasteiger partial charge on any atom is 0.514 e. The first-order valence-electron chi connectivity index (χ1n) is 9.62. The molecule has 3 rings (SSSR count). The van der Waals surface area contributed by atoms with Crippen LogP contribution in [0.3, 0.4) is 0 Å². The Balaban J connectivity index is 1.84. The molecule has 0 radical (unpaired) electrons. The number of carbonyl (C=O) groups is 2. The first-order chi connectivity index (χ1) is 15.0. The normalized spacial score (nSPS) is 16.3. The van der Waals surface area contributed by atoms with E-state index in [0.717, 1.165) is 12.1 Å². The second-order valence-electron chi connectivity index (χ2n) is 8.00. The Morgan fingerprint density at radius 3 is 2.50 bits per heavy atom. The van der Waals surface area contributed by atoms with E-state index < -0.39 is 34.6 Å². The predicted molar refractivity (Wildman–Crippen MR) is 112 cm³/mol. The molecule has 1 heterocycles. The maximum atomic E-state index is 14.1. The molecule has 2 aromatic carbocycles. The minimum Gasteiger partial charge on any atom is -0.493 e. The molecule has 172 valence electrons. The number of thioether (sulfide) groups is 1. The number of hydrogen-bond acceptors (Lipinski definition) is 6. The summed E-state index contributed by atoms with van der Waals surface area (Å²) in [4.78, 5) is 25.8. The van der Waals surface area contributed by atoms with Gasteiger partial charge in [0.1, 0.15) is 11.0 Å². The van der Waals surface area contributed by atoms with Gasteiger partial charge in [0.25, 0.3) is 0 Å². The summed E-state index contributed by atoms with van der Waals surface area (Å²) in [5, 5.41) is -0.528. The van der Waals surface area contributed by atoms with Crippen LogP contribution in [0.25, 0.3) is 0 Å². The number of rotatable bonds is 5. The molecule has 1 saturated heterocycles. The highest BCUT2D eigenvalue weighted by atomic mass is 32.2. The van der Waals surface area contributed by atoms with Gasteiger partial charge in [-0.15, -0.1) is 11.8 Å². The van der Waals surface area contributed by atoms with Gasteiger partial charge in [-0.25, -0.2) is 18.0 Å². The van der Waals surface area contributed by atoms with Crippen molar-refractivity contribution in [3.05, 3.63) is 58.9 Å². The number of carbonyl (C=O) groups excluding carboxylic acids is 2. The van der Waals surface area contributed by atoms with Gasteiger partial charge >= 0.3 is 6.16 Å². The van der Waals surface area contributed by atoms with Crippen LogP contribution in [0.15, 0.2) is 30.3 Å². The fraction of sp³-hybridized carbons (Fsp3) is 0.364. The molecule has 2 aromatic rings. The van der Waals surface area contributed by atoms with Crippen LogP contribution in [-0.4, -0.2) is 35.4 Å². The molecular formula is C22H22F3NO5S. The SMILES string of the molecule is COc1cc(C2SCC(=O)N2Cc2ccc(F)c(F)c2F)ccc1OC(=O)OC(C)(C)C. The molecule has 0 N–H and O–H groups in total. The molecule has 1 atom stereocenters. The zero-order chi connectivity index (χ0) is 23.6. The number of amides is 1. The molecule has 0 bridgehead atoms. The molecule has 0 aliphatic carbocycles. The first-order valence-corrected chi connectivity index (χ1v) is 10.7. The molecule has 6 nitrogen and oxygen atoms in total. The van der Waals surface area contributed by atoms with Crippen molar-refractivity contribution in [3.63, 3.8) is 0 Å². The van der Waals surface area contributed by atoms with E-state index in [-0.39, 0.29) is 35.3 Å². The molecule has 32 heavy (non-hydrogen) atoms. The van der Waals surface area contributed by atoms with Crippen LogP contribution >= 0.6 is 11.8 Å². The van der Waals surface area contributed by atoms with E-state index in [9.17, 15) is 22.8 Å². The van der Waals surface area contributed by atoms with Gasteiger partial charge in [0.05, 0.1) is 19.4 Å². The third-order valence-corrected chi connectivity index (χ3v) is 5.74. The molecule has 1 aliphatic rings. The highest BCUT2D eigenvalue weighted by molar-refractivity contribution is 8.00. The average Bonchev–Trinajstić information content (AvgIpc) is 3.07. The van der Waals surface area contributed by atoms with Gasteiger partial charge in [-0.1, -0.05) is 12.1 Å². The molecule has 0 spiro atoms. The zero-order valence-corrected chi connectivity index (χ0v) is 18.7. The van der Waals surface area contributed by atoms with Crippen molar-refractivity contribution in [2.75, 3.05) is 12.9 Å². The predicted octanol–water partition coefficient (Wildman–Crippen LogP) is 5.20. The number of methoxy groups -OCH3 is 1. The molecular weight excluding hydrogens is 447 g/mol. The van der Waals surface area contributed by atoms with Crippen molar-refractivity contribution < 1.29 is 37.0 Å². The van der Waals surface area contributed by atoms with Crippen LogP contribution in [0.2, 0.25) is 0 Å². The van der Waals surface area contributed by atoms with Crippen LogP contribution in [-0.2, 0) is 16.1 Å². The fourth-order valence-electron chi connectivity index (χ4n) is 3.06. The van der Waals surface area contributed by atoms with Crippen LogP contribution in [0, 0.1) is 17.5 Å². The van der Waals surface area contributed by atoms with Crippen LogP contribution in [0.4, 0.5) is 18.0 Å². The summed E-state index contributed by atoms with van der Waals surface area (Å²) < 4.78 is 56.6. The maximum absolute atomic E-state index is 14.1. The lowest BCUT2D eigenvalue weighted by Gasteiger charge is -2.25. The summed E-state index contributed by atoms with van der Waals surface area (Å²) in [5.74, 6) is -4.00. The van der Waals surface area contributed by atoms with Gasteiger partial charge in [0.15, 0.2) is 29.0 Å². The Morgan fingerprint density at radius 2 is 1.84 bits per heavy atom. The number of nitrogens with zero attached hydrogens (tertiary/aromatic N) is 1. The highest BCUT2D eigenvalue weighted by Crippen LogP contribution is 2.42. The monoisotopic (exact) mass is 469 g/mol. The van der Waals surface area contributed by atoms with Crippen molar-refractivity contribution in [1.29, 1.82) is 0 Å². The van der Waals surface area contributed by atoms with E-state index >= 15 is 0 Å². The Morgan fingerprint density at radius 1 is 1.12 bits per heavy atom. The number of benzene rings is 2.